The second-order valence-corrected chi connectivity index (χ2v) is 13.1. The number of hydrogen-bond acceptors (Lipinski definition) is 5. The molecule has 10 heteroatoms. The molecular formula is C28H36F3N3O3S. The van der Waals surface area contributed by atoms with Crippen LogP contribution in [0.4, 0.5) is 13.2 Å². The maximum atomic E-state index is 13.1. The molecule has 0 radical (unpaired) electrons. The van der Waals surface area contributed by atoms with Crippen LogP contribution in [0.25, 0.3) is 0 Å². The van der Waals surface area contributed by atoms with Gasteiger partial charge in [-0.2, -0.15) is 13.2 Å². The standard InChI is InChI=1S/C28H36F3N3O3S/c1-4-25-26-21(16-34(25)15-18-5-9-22(10-6-18)28(29,30)31)13-20(14-32-26)27(36)33-24(17-35)19-7-11-23(12-8-19)38(2,3)37/h7-8,11-14,18,22,24-25,35H,2,4-6,9-10,15-17H2,1,3H3,(H,33,36)/t18?,22?,24-,25-,38?/m0/s1. The number of nitrogens with zero attached hydrogens (tertiary/aromatic N) is 2. The lowest BCUT2D eigenvalue weighted by molar-refractivity contribution is -0.184. The van der Waals surface area contributed by atoms with Crippen LogP contribution < -0.4 is 5.32 Å². The number of amides is 1. The maximum absolute atomic E-state index is 13.1. The highest BCUT2D eigenvalue weighted by Crippen LogP contribution is 2.42. The molecule has 6 nitrogen and oxygen atoms in total. The van der Waals surface area contributed by atoms with E-state index in [1.54, 1.807) is 36.7 Å². The minimum Gasteiger partial charge on any atom is -0.394 e. The van der Waals surface area contributed by atoms with Crippen molar-refractivity contribution in [2.45, 2.75) is 68.7 Å². The van der Waals surface area contributed by atoms with Crippen molar-refractivity contribution in [1.29, 1.82) is 0 Å². The van der Waals surface area contributed by atoms with E-state index in [2.05, 4.69) is 28.0 Å². The predicted octanol–water partition coefficient (Wildman–Crippen LogP) is 4.89. The summed E-state index contributed by atoms with van der Waals surface area (Å²) in [4.78, 5) is 20.5. The number of aliphatic hydroxyl groups is 1. The van der Waals surface area contributed by atoms with Crippen LogP contribution in [-0.4, -0.2) is 56.6 Å². The molecule has 3 atom stereocenters. The number of benzene rings is 1. The number of carbonyl (C=O) groups is 1. The van der Waals surface area contributed by atoms with Crippen molar-refractivity contribution in [3.05, 3.63) is 58.9 Å². The molecule has 38 heavy (non-hydrogen) atoms. The van der Waals surface area contributed by atoms with Crippen LogP contribution in [0.2, 0.25) is 0 Å². The summed E-state index contributed by atoms with van der Waals surface area (Å²) in [6, 6.07) is 8.07. The molecule has 1 aliphatic heterocycles. The molecule has 1 fully saturated rings. The molecule has 2 aromatic rings. The van der Waals surface area contributed by atoms with Gasteiger partial charge in [0.1, 0.15) is 0 Å². The maximum Gasteiger partial charge on any atom is 0.391 e. The summed E-state index contributed by atoms with van der Waals surface area (Å²) < 4.78 is 51.3. The van der Waals surface area contributed by atoms with E-state index in [1.165, 1.54) is 0 Å². The van der Waals surface area contributed by atoms with Gasteiger partial charge in [-0.15, -0.1) is 0 Å². The van der Waals surface area contributed by atoms with Gasteiger partial charge >= 0.3 is 6.18 Å². The topological polar surface area (TPSA) is 82.5 Å². The molecule has 0 bridgehead atoms. The number of fused-ring (bicyclic) bond motifs is 1. The van der Waals surface area contributed by atoms with Crippen LogP contribution in [0.5, 0.6) is 0 Å². The van der Waals surface area contributed by atoms with E-state index in [-0.39, 0.29) is 37.3 Å². The van der Waals surface area contributed by atoms with Crippen molar-refractivity contribution in [2.24, 2.45) is 11.8 Å². The summed E-state index contributed by atoms with van der Waals surface area (Å²) in [7, 11) is -2.36. The molecule has 1 saturated carbocycles. The Morgan fingerprint density at radius 3 is 2.45 bits per heavy atom. The Balaban J connectivity index is 1.41. The quantitative estimate of drug-likeness (QED) is 0.457. The number of carbonyl (C=O) groups excluding carboxylic acids is 1. The van der Waals surface area contributed by atoms with Crippen LogP contribution in [0, 0.1) is 11.8 Å². The van der Waals surface area contributed by atoms with E-state index in [0.717, 1.165) is 24.2 Å². The number of aromatic nitrogens is 1. The Hall–Kier alpha value is -2.43. The zero-order valence-corrected chi connectivity index (χ0v) is 22.7. The molecule has 208 valence electrons. The molecule has 1 aromatic heterocycles. The van der Waals surface area contributed by atoms with Crippen molar-refractivity contribution < 1.29 is 27.3 Å². The first-order chi connectivity index (χ1) is 17.9. The molecule has 1 aromatic carbocycles. The zero-order valence-electron chi connectivity index (χ0n) is 21.8. The Morgan fingerprint density at radius 1 is 1.24 bits per heavy atom. The number of pyridine rings is 1. The molecule has 4 rings (SSSR count). The fourth-order valence-electron chi connectivity index (χ4n) is 5.68. The molecular weight excluding hydrogens is 515 g/mol. The average molecular weight is 552 g/mol. The van der Waals surface area contributed by atoms with E-state index < -0.39 is 27.7 Å². The van der Waals surface area contributed by atoms with Crippen molar-refractivity contribution in [1.82, 2.24) is 15.2 Å². The average Bonchev–Trinajstić information content (AvgIpc) is 3.22. The lowest BCUT2D eigenvalue weighted by atomic mass is 9.81. The lowest BCUT2D eigenvalue weighted by Crippen LogP contribution is -2.33. The summed E-state index contributed by atoms with van der Waals surface area (Å²) in [6.07, 6.45) is 1.34. The van der Waals surface area contributed by atoms with Crippen LogP contribution in [0.15, 0.2) is 41.4 Å². The number of halogens is 3. The van der Waals surface area contributed by atoms with Crippen molar-refractivity contribution in [3.8, 4) is 0 Å². The van der Waals surface area contributed by atoms with Gasteiger partial charge in [0.15, 0.2) is 0 Å². The number of nitrogens with one attached hydrogen (secondary N) is 1. The third-order valence-corrected chi connectivity index (χ3v) is 9.12. The van der Waals surface area contributed by atoms with E-state index in [4.69, 9.17) is 0 Å². The van der Waals surface area contributed by atoms with Crippen molar-refractivity contribution in [3.63, 3.8) is 0 Å². The molecule has 1 unspecified atom stereocenters. The minimum absolute atomic E-state index is 0.0769. The van der Waals surface area contributed by atoms with E-state index in [0.29, 0.717) is 35.4 Å². The Labute approximate surface area is 222 Å². The molecule has 2 aliphatic rings. The molecule has 0 saturated heterocycles. The highest BCUT2D eigenvalue weighted by atomic mass is 32.2. The Bertz CT molecular complexity index is 1240. The van der Waals surface area contributed by atoms with Crippen LogP contribution in [-0.2, 0) is 16.1 Å². The third kappa shape index (κ3) is 6.40. The fourth-order valence-corrected chi connectivity index (χ4v) is 6.40. The molecule has 0 spiro atoms. The third-order valence-electron chi connectivity index (χ3n) is 7.85. The highest BCUT2D eigenvalue weighted by Gasteiger charge is 2.42. The SMILES string of the molecule is C=S(C)(=O)c1ccc([C@H](CO)NC(=O)c2cnc3c(c2)CN(CC2CCC(C(F)(F)F)CC2)[C@H]3CC)cc1. The fraction of sp³-hybridized carbons (Fsp3) is 0.536. The number of alkyl halides is 3. The molecule has 1 amide bonds. The second kappa shape index (κ2) is 11.4. The van der Waals surface area contributed by atoms with Gasteiger partial charge in [-0.1, -0.05) is 19.1 Å². The number of aliphatic hydroxyl groups excluding tert-OH is 1. The Kier molecular flexibility index (Phi) is 8.54. The summed E-state index contributed by atoms with van der Waals surface area (Å²) in [6.45, 7) is 3.09. The van der Waals surface area contributed by atoms with Gasteiger partial charge in [0.05, 0.1) is 35.9 Å². The van der Waals surface area contributed by atoms with Gasteiger partial charge in [0, 0.05) is 30.4 Å². The molecule has 2 heterocycles. The largest absolute Gasteiger partial charge is 0.394 e. The van der Waals surface area contributed by atoms with Gasteiger partial charge in [0.25, 0.3) is 5.91 Å². The Morgan fingerprint density at radius 2 is 1.89 bits per heavy atom. The minimum atomic E-state index is -4.10. The highest BCUT2D eigenvalue weighted by molar-refractivity contribution is 7.99. The normalized spacial score (nSPS) is 24.4. The van der Waals surface area contributed by atoms with E-state index in [9.17, 15) is 27.3 Å². The van der Waals surface area contributed by atoms with Gasteiger partial charge in [-0.05, 0) is 82.7 Å². The van der Waals surface area contributed by atoms with Crippen LogP contribution in [0.1, 0.15) is 78.3 Å². The lowest BCUT2D eigenvalue weighted by Gasteiger charge is -2.33. The second-order valence-electron chi connectivity index (χ2n) is 10.7. The monoisotopic (exact) mass is 551 g/mol. The summed E-state index contributed by atoms with van der Waals surface area (Å²) >= 11 is 0. The van der Waals surface area contributed by atoms with Crippen LogP contribution in [0.3, 0.4) is 0 Å². The zero-order chi connectivity index (χ0) is 27.7. The summed E-state index contributed by atoms with van der Waals surface area (Å²) in [5.41, 5.74) is 2.93. The first kappa shape index (κ1) is 28.6. The van der Waals surface area contributed by atoms with Gasteiger partial charge < -0.3 is 10.4 Å². The van der Waals surface area contributed by atoms with Crippen LogP contribution >= 0.6 is 0 Å². The molecule has 2 N–H and O–H groups in total. The van der Waals surface area contributed by atoms with Crippen molar-refractivity contribution >= 4 is 21.3 Å². The van der Waals surface area contributed by atoms with Gasteiger partial charge in [0.2, 0.25) is 0 Å². The van der Waals surface area contributed by atoms with E-state index in [1.807, 2.05) is 6.07 Å². The summed E-state index contributed by atoms with van der Waals surface area (Å²) in [5, 5.41) is 12.8. The number of hydrogen-bond donors (Lipinski definition) is 2. The smallest absolute Gasteiger partial charge is 0.391 e. The van der Waals surface area contributed by atoms with Crippen molar-refractivity contribution in [2.75, 3.05) is 19.4 Å². The van der Waals surface area contributed by atoms with Gasteiger partial charge in [-0.25, -0.2) is 0 Å². The number of rotatable bonds is 8. The van der Waals surface area contributed by atoms with Gasteiger partial charge in [-0.3, -0.25) is 18.9 Å². The predicted molar refractivity (Wildman–Crippen MR) is 142 cm³/mol. The van der Waals surface area contributed by atoms with E-state index >= 15 is 0 Å². The first-order valence-corrected chi connectivity index (χ1v) is 15.2. The molecule has 1 aliphatic carbocycles. The summed E-state index contributed by atoms with van der Waals surface area (Å²) in [5.74, 6) is 2.35. The first-order valence-electron chi connectivity index (χ1n) is 13.0.